The van der Waals surface area contributed by atoms with Crippen LogP contribution in [0.1, 0.15) is 44.4 Å². The summed E-state index contributed by atoms with van der Waals surface area (Å²) in [5.74, 6) is -1.52. The molecule has 12 heteroatoms. The van der Waals surface area contributed by atoms with Crippen LogP contribution in [-0.4, -0.2) is 62.6 Å². The van der Waals surface area contributed by atoms with Gasteiger partial charge in [0.15, 0.2) is 11.5 Å². The molecule has 1 aromatic carbocycles. The van der Waals surface area contributed by atoms with E-state index in [1.54, 1.807) is 17.2 Å². The number of ether oxygens (including phenoxy) is 1. The van der Waals surface area contributed by atoms with E-state index in [4.69, 9.17) is 10.00 Å². The Kier molecular flexibility index (Phi) is 8.01. The van der Waals surface area contributed by atoms with Gasteiger partial charge in [0, 0.05) is 44.0 Å². The highest BCUT2D eigenvalue weighted by molar-refractivity contribution is 5.92. The minimum atomic E-state index is -0.804. The van der Waals surface area contributed by atoms with Gasteiger partial charge in [-0.25, -0.2) is 23.1 Å². The fraction of sp³-hybridized carbons (Fsp3) is 0.333. The van der Waals surface area contributed by atoms with Crippen LogP contribution in [-0.2, 0) is 11.2 Å². The highest BCUT2D eigenvalue weighted by atomic mass is 19.1. The minimum Gasteiger partial charge on any atom is -0.493 e. The fourth-order valence-electron chi connectivity index (χ4n) is 6.08. The Hall–Kier alpha value is -5.18. The average Bonchev–Trinajstić information content (AvgIpc) is 3.01. The number of anilines is 1. The second-order valence-electron chi connectivity index (χ2n) is 11.5. The van der Waals surface area contributed by atoms with E-state index in [1.807, 2.05) is 37.8 Å². The molecular weight excluding hydrogens is 580 g/mol. The van der Waals surface area contributed by atoms with Crippen molar-refractivity contribution in [3.8, 4) is 28.8 Å². The smallest absolute Gasteiger partial charge is 0.355 e. The number of nitriles is 1. The standard InChI is InChI=1S/C33H31F2N7O3/c1-19(2)28-30-21(11-13-37-28)7-6-16-45-25-9-4-8-23(34)27(25)29-24(35)17-22-31(39-33(44)42(30)32(22)38-29)41-15-14-40(18-20(41)3)26(43)10-5-12-36/h4-5,8-11,13,17,19-20H,6-7,14-16,18H2,1-3H3/b10-5+/t20-/m0/s1. The van der Waals surface area contributed by atoms with Crippen molar-refractivity contribution in [3.05, 3.63) is 82.1 Å². The van der Waals surface area contributed by atoms with Crippen LogP contribution in [0, 0.1) is 23.0 Å². The minimum absolute atomic E-state index is 0.0791. The predicted molar refractivity (Wildman–Crippen MR) is 164 cm³/mol. The molecule has 230 valence electrons. The molecular formula is C33H31F2N7O3. The Morgan fingerprint density at radius 2 is 2.00 bits per heavy atom. The lowest BCUT2D eigenvalue weighted by Crippen LogP contribution is -2.54. The quantitative estimate of drug-likeness (QED) is 0.242. The number of aromatic nitrogens is 4. The van der Waals surface area contributed by atoms with Crippen molar-refractivity contribution >= 4 is 22.8 Å². The zero-order valence-electron chi connectivity index (χ0n) is 25.1. The van der Waals surface area contributed by atoms with Crippen LogP contribution in [0.5, 0.6) is 5.75 Å². The molecule has 3 aromatic heterocycles. The van der Waals surface area contributed by atoms with Crippen molar-refractivity contribution in [2.75, 3.05) is 31.1 Å². The first-order valence-corrected chi connectivity index (χ1v) is 14.8. The van der Waals surface area contributed by atoms with Gasteiger partial charge in [0.25, 0.3) is 0 Å². The Bertz CT molecular complexity index is 1950. The van der Waals surface area contributed by atoms with Crippen molar-refractivity contribution in [1.82, 2.24) is 24.4 Å². The second-order valence-corrected chi connectivity index (χ2v) is 11.5. The van der Waals surface area contributed by atoms with E-state index in [-0.39, 0.29) is 64.9 Å². The van der Waals surface area contributed by atoms with E-state index in [2.05, 4.69) is 15.0 Å². The molecule has 0 N–H and O–H groups in total. The third-order valence-electron chi connectivity index (χ3n) is 8.18. The molecule has 0 saturated carbocycles. The van der Waals surface area contributed by atoms with Gasteiger partial charge in [0.1, 0.15) is 23.1 Å². The number of fused-ring (bicyclic) bond motifs is 5. The molecule has 1 atom stereocenters. The molecule has 0 unspecified atom stereocenters. The number of nitrogens with zero attached hydrogens (tertiary/aromatic N) is 7. The van der Waals surface area contributed by atoms with Crippen molar-refractivity contribution in [2.24, 2.45) is 0 Å². The summed E-state index contributed by atoms with van der Waals surface area (Å²) in [6, 6.07) is 8.87. The van der Waals surface area contributed by atoms with Gasteiger partial charge in [-0.05, 0) is 55.5 Å². The number of halogens is 2. The van der Waals surface area contributed by atoms with E-state index in [0.29, 0.717) is 37.3 Å². The van der Waals surface area contributed by atoms with Crippen LogP contribution < -0.4 is 15.3 Å². The molecule has 1 saturated heterocycles. The molecule has 4 aromatic rings. The lowest BCUT2D eigenvalue weighted by Gasteiger charge is -2.40. The van der Waals surface area contributed by atoms with E-state index in [0.717, 1.165) is 11.6 Å². The topological polar surface area (TPSA) is 117 Å². The summed E-state index contributed by atoms with van der Waals surface area (Å²) < 4.78 is 38.9. The number of carbonyl (C=O) groups is 1. The van der Waals surface area contributed by atoms with Crippen LogP contribution in [0.4, 0.5) is 14.6 Å². The van der Waals surface area contributed by atoms with Crippen LogP contribution in [0.2, 0.25) is 0 Å². The van der Waals surface area contributed by atoms with E-state index < -0.39 is 17.3 Å². The third kappa shape index (κ3) is 5.39. The molecule has 5 heterocycles. The zero-order valence-corrected chi connectivity index (χ0v) is 25.1. The summed E-state index contributed by atoms with van der Waals surface area (Å²) >= 11 is 0. The van der Waals surface area contributed by atoms with Crippen LogP contribution in [0.25, 0.3) is 28.0 Å². The molecule has 2 aliphatic heterocycles. The third-order valence-corrected chi connectivity index (χ3v) is 8.18. The highest BCUT2D eigenvalue weighted by Gasteiger charge is 2.31. The number of piperazine rings is 1. The van der Waals surface area contributed by atoms with E-state index >= 15 is 8.78 Å². The maximum Gasteiger partial charge on any atom is 0.355 e. The number of carbonyl (C=O) groups excluding carboxylic acids is 1. The van der Waals surface area contributed by atoms with Gasteiger partial charge in [-0.15, -0.1) is 0 Å². The first kappa shape index (κ1) is 29.9. The maximum absolute atomic E-state index is 16.2. The Balaban J connectivity index is 1.63. The molecule has 45 heavy (non-hydrogen) atoms. The number of aryl methyl sites for hydroxylation is 1. The second kappa shape index (κ2) is 12.1. The normalized spacial score (nSPS) is 16.6. The van der Waals surface area contributed by atoms with Gasteiger partial charge in [-0.3, -0.25) is 9.78 Å². The lowest BCUT2D eigenvalue weighted by atomic mass is 10.0. The van der Waals surface area contributed by atoms with Crippen molar-refractivity contribution < 1.29 is 18.3 Å². The highest BCUT2D eigenvalue weighted by Crippen LogP contribution is 2.38. The van der Waals surface area contributed by atoms with Gasteiger partial charge in [-0.2, -0.15) is 10.2 Å². The van der Waals surface area contributed by atoms with Crippen LogP contribution in [0.15, 0.2) is 53.5 Å². The number of pyridine rings is 2. The molecule has 0 spiro atoms. The molecule has 1 amide bonds. The molecule has 0 aliphatic carbocycles. The first-order chi connectivity index (χ1) is 21.7. The number of hydrogen-bond acceptors (Lipinski definition) is 8. The summed E-state index contributed by atoms with van der Waals surface area (Å²) in [5, 5.41) is 9.06. The van der Waals surface area contributed by atoms with Gasteiger partial charge >= 0.3 is 5.69 Å². The van der Waals surface area contributed by atoms with Gasteiger partial charge in [0.2, 0.25) is 5.91 Å². The Morgan fingerprint density at radius 1 is 1.18 bits per heavy atom. The molecule has 2 bridgehead atoms. The van der Waals surface area contributed by atoms with Crippen LogP contribution in [0.3, 0.4) is 0 Å². The largest absolute Gasteiger partial charge is 0.493 e. The summed E-state index contributed by atoms with van der Waals surface area (Å²) in [6.45, 7) is 6.91. The Labute approximate surface area is 258 Å². The molecule has 1 fully saturated rings. The number of benzene rings is 1. The van der Waals surface area contributed by atoms with Crippen molar-refractivity contribution in [2.45, 2.75) is 45.6 Å². The first-order valence-electron chi connectivity index (χ1n) is 14.8. The predicted octanol–water partition coefficient (Wildman–Crippen LogP) is 4.69. The number of amides is 1. The summed E-state index contributed by atoms with van der Waals surface area (Å²) in [4.78, 5) is 44.0. The van der Waals surface area contributed by atoms with Gasteiger partial charge in [0.05, 0.1) is 35.0 Å². The lowest BCUT2D eigenvalue weighted by molar-refractivity contribution is -0.126. The van der Waals surface area contributed by atoms with Crippen LogP contribution >= 0.6 is 0 Å². The maximum atomic E-state index is 16.2. The Morgan fingerprint density at radius 3 is 2.76 bits per heavy atom. The van der Waals surface area contributed by atoms with E-state index in [9.17, 15) is 9.59 Å². The van der Waals surface area contributed by atoms with Crippen molar-refractivity contribution in [3.63, 3.8) is 0 Å². The molecule has 6 rings (SSSR count). The van der Waals surface area contributed by atoms with E-state index in [1.165, 1.54) is 28.8 Å². The number of hydrogen-bond donors (Lipinski definition) is 0. The molecule has 2 aliphatic rings. The monoisotopic (exact) mass is 611 g/mol. The number of rotatable bonds is 3. The molecule has 0 radical (unpaired) electrons. The number of allylic oxidation sites excluding steroid dienone is 1. The SMILES string of the molecule is CC(C)c1nccc2c1-n1c(=O)nc(N3CCN(C(=O)/C=C/C#N)C[C@@H]3C)c3cc(F)c(nc31)-c1c(F)cccc1OCCC2. The van der Waals surface area contributed by atoms with Gasteiger partial charge in [-0.1, -0.05) is 19.9 Å². The van der Waals surface area contributed by atoms with Crippen molar-refractivity contribution in [1.29, 1.82) is 5.26 Å². The summed E-state index contributed by atoms with van der Waals surface area (Å²) in [6.07, 6.45) is 5.11. The summed E-state index contributed by atoms with van der Waals surface area (Å²) in [5.41, 5.74) is 1.05. The summed E-state index contributed by atoms with van der Waals surface area (Å²) in [7, 11) is 0. The molecule has 10 nitrogen and oxygen atoms in total. The van der Waals surface area contributed by atoms with Gasteiger partial charge < -0.3 is 14.5 Å². The fourth-order valence-corrected chi connectivity index (χ4v) is 6.08. The zero-order chi connectivity index (χ0) is 31.8. The average molecular weight is 612 g/mol.